The van der Waals surface area contributed by atoms with Gasteiger partial charge < -0.3 is 5.32 Å². The van der Waals surface area contributed by atoms with E-state index in [1.807, 2.05) is 32.9 Å². The van der Waals surface area contributed by atoms with Crippen LogP contribution in [0.5, 0.6) is 0 Å². The maximum absolute atomic E-state index is 12.9. The molecule has 8 heteroatoms. The van der Waals surface area contributed by atoms with Gasteiger partial charge in [0.1, 0.15) is 0 Å². The Morgan fingerprint density at radius 2 is 1.76 bits per heavy atom. The normalized spacial score (nSPS) is 16.2. The molecule has 1 aromatic heterocycles. The Morgan fingerprint density at radius 1 is 1.14 bits per heavy atom. The van der Waals surface area contributed by atoms with Crippen molar-refractivity contribution in [2.45, 2.75) is 50.5 Å². The average molecular weight is 436 g/mol. The Balaban J connectivity index is 1.78. The van der Waals surface area contributed by atoms with Crippen molar-refractivity contribution in [1.29, 1.82) is 0 Å². The van der Waals surface area contributed by atoms with Crippen LogP contribution in [-0.2, 0) is 10.0 Å². The van der Waals surface area contributed by atoms with E-state index in [1.54, 1.807) is 12.1 Å². The zero-order valence-electron chi connectivity index (χ0n) is 16.9. The number of aromatic nitrogens is 1. The molecule has 1 aliphatic heterocycles. The summed E-state index contributed by atoms with van der Waals surface area (Å²) >= 11 is 5.87. The van der Waals surface area contributed by atoms with Crippen molar-refractivity contribution in [3.8, 4) is 0 Å². The number of piperidine rings is 1. The maximum Gasteiger partial charge on any atom is 0.253 e. The molecule has 1 aliphatic rings. The number of pyridine rings is 1. The standard InChI is InChI=1S/C21H26ClN3O3S/c1-14(2)23-21(26)19-9-4-15(3)24-20(19)16-10-12-25(13-11-16)29(27,28)18-7-5-17(22)6-8-18/h4-9,14,16H,10-13H2,1-3H3,(H,23,26). The third-order valence-corrected chi connectivity index (χ3v) is 7.19. The third kappa shape index (κ3) is 4.97. The number of sulfonamides is 1. The van der Waals surface area contributed by atoms with Gasteiger partial charge in [0, 0.05) is 35.8 Å². The van der Waals surface area contributed by atoms with Crippen molar-refractivity contribution in [3.63, 3.8) is 0 Å². The number of carbonyl (C=O) groups excluding carboxylic acids is 1. The summed E-state index contributed by atoms with van der Waals surface area (Å²) in [5.74, 6) is -0.0989. The fourth-order valence-electron chi connectivity index (χ4n) is 3.55. The van der Waals surface area contributed by atoms with Gasteiger partial charge in [-0.05, 0) is 70.0 Å². The van der Waals surface area contributed by atoms with E-state index in [2.05, 4.69) is 10.3 Å². The summed E-state index contributed by atoms with van der Waals surface area (Å²) in [6.45, 7) is 6.50. The van der Waals surface area contributed by atoms with Crippen molar-refractivity contribution in [2.24, 2.45) is 0 Å². The van der Waals surface area contributed by atoms with E-state index in [9.17, 15) is 13.2 Å². The highest BCUT2D eigenvalue weighted by Gasteiger charge is 2.32. The molecule has 1 aromatic carbocycles. The SMILES string of the molecule is Cc1ccc(C(=O)NC(C)C)c(C2CCN(S(=O)(=O)c3ccc(Cl)cc3)CC2)n1. The number of halogens is 1. The van der Waals surface area contributed by atoms with E-state index < -0.39 is 10.0 Å². The molecule has 0 unspecified atom stereocenters. The second kappa shape index (κ2) is 8.81. The molecular formula is C21H26ClN3O3S. The predicted molar refractivity (Wildman–Crippen MR) is 114 cm³/mol. The first-order chi connectivity index (χ1) is 13.7. The van der Waals surface area contributed by atoms with Crippen LogP contribution in [0.3, 0.4) is 0 Å². The zero-order valence-corrected chi connectivity index (χ0v) is 18.4. The van der Waals surface area contributed by atoms with Gasteiger partial charge in [-0.3, -0.25) is 9.78 Å². The molecule has 1 fully saturated rings. The number of amides is 1. The van der Waals surface area contributed by atoms with E-state index in [-0.39, 0.29) is 22.8 Å². The van der Waals surface area contributed by atoms with E-state index >= 15 is 0 Å². The highest BCUT2D eigenvalue weighted by atomic mass is 35.5. The quantitative estimate of drug-likeness (QED) is 0.775. The number of nitrogens with zero attached hydrogens (tertiary/aromatic N) is 2. The highest BCUT2D eigenvalue weighted by molar-refractivity contribution is 7.89. The average Bonchev–Trinajstić information content (AvgIpc) is 2.67. The Bertz CT molecular complexity index is 983. The first kappa shape index (κ1) is 21.7. The Labute approximate surface area is 177 Å². The Morgan fingerprint density at radius 3 is 2.34 bits per heavy atom. The second-order valence-electron chi connectivity index (χ2n) is 7.65. The van der Waals surface area contributed by atoms with Crippen LogP contribution in [0.1, 0.15) is 54.4 Å². The van der Waals surface area contributed by atoms with Crippen molar-refractivity contribution in [3.05, 3.63) is 58.4 Å². The topological polar surface area (TPSA) is 79.4 Å². The number of hydrogen-bond donors (Lipinski definition) is 1. The smallest absolute Gasteiger partial charge is 0.253 e. The number of hydrogen-bond acceptors (Lipinski definition) is 4. The lowest BCUT2D eigenvalue weighted by Gasteiger charge is -2.31. The van der Waals surface area contributed by atoms with Gasteiger partial charge in [0.25, 0.3) is 5.91 Å². The lowest BCUT2D eigenvalue weighted by atomic mass is 9.90. The molecule has 0 aliphatic carbocycles. The summed E-state index contributed by atoms with van der Waals surface area (Å²) < 4.78 is 27.3. The minimum Gasteiger partial charge on any atom is -0.350 e. The molecule has 0 atom stereocenters. The first-order valence-electron chi connectivity index (χ1n) is 9.72. The number of rotatable bonds is 5. The molecule has 2 aromatic rings. The van der Waals surface area contributed by atoms with Crippen LogP contribution >= 0.6 is 11.6 Å². The van der Waals surface area contributed by atoms with Crippen LogP contribution in [0, 0.1) is 6.92 Å². The van der Waals surface area contributed by atoms with Crippen LogP contribution in [0.25, 0.3) is 0 Å². The fourth-order valence-corrected chi connectivity index (χ4v) is 5.14. The Kier molecular flexibility index (Phi) is 6.61. The molecule has 3 rings (SSSR count). The zero-order chi connectivity index (χ0) is 21.2. The van der Waals surface area contributed by atoms with Crippen LogP contribution < -0.4 is 5.32 Å². The summed E-state index contributed by atoms with van der Waals surface area (Å²) in [6.07, 6.45) is 1.23. The van der Waals surface area contributed by atoms with Gasteiger partial charge in [0.05, 0.1) is 16.2 Å². The molecule has 1 saturated heterocycles. The van der Waals surface area contributed by atoms with Crippen molar-refractivity contribution < 1.29 is 13.2 Å². The molecular weight excluding hydrogens is 410 g/mol. The number of benzene rings is 1. The molecule has 29 heavy (non-hydrogen) atoms. The molecule has 0 spiro atoms. The van der Waals surface area contributed by atoms with Gasteiger partial charge in [0.2, 0.25) is 10.0 Å². The van der Waals surface area contributed by atoms with E-state index in [1.165, 1.54) is 16.4 Å². The van der Waals surface area contributed by atoms with E-state index in [4.69, 9.17) is 11.6 Å². The number of nitrogens with one attached hydrogen (secondary N) is 1. The lowest BCUT2D eigenvalue weighted by molar-refractivity contribution is 0.0940. The van der Waals surface area contributed by atoms with E-state index in [0.717, 1.165) is 11.4 Å². The summed E-state index contributed by atoms with van der Waals surface area (Å²) in [5.41, 5.74) is 2.17. The fraction of sp³-hybridized carbons (Fsp3) is 0.429. The van der Waals surface area contributed by atoms with Gasteiger partial charge in [-0.1, -0.05) is 11.6 Å². The van der Waals surface area contributed by atoms with Crippen LogP contribution in [-0.4, -0.2) is 42.7 Å². The van der Waals surface area contributed by atoms with Crippen molar-refractivity contribution in [1.82, 2.24) is 14.6 Å². The monoisotopic (exact) mass is 435 g/mol. The maximum atomic E-state index is 12.9. The van der Waals surface area contributed by atoms with Crippen LogP contribution in [0.2, 0.25) is 5.02 Å². The molecule has 6 nitrogen and oxygen atoms in total. The number of aryl methyl sites for hydroxylation is 1. The van der Waals surface area contributed by atoms with Gasteiger partial charge in [0.15, 0.2) is 0 Å². The van der Waals surface area contributed by atoms with Gasteiger partial charge in [-0.15, -0.1) is 0 Å². The molecule has 2 heterocycles. The van der Waals surface area contributed by atoms with Crippen LogP contribution in [0.15, 0.2) is 41.3 Å². The highest BCUT2D eigenvalue weighted by Crippen LogP contribution is 2.32. The van der Waals surface area contributed by atoms with Gasteiger partial charge in [-0.2, -0.15) is 4.31 Å². The minimum atomic E-state index is -3.56. The van der Waals surface area contributed by atoms with Crippen molar-refractivity contribution >= 4 is 27.5 Å². The molecule has 0 saturated carbocycles. The largest absolute Gasteiger partial charge is 0.350 e. The van der Waals surface area contributed by atoms with Crippen molar-refractivity contribution in [2.75, 3.05) is 13.1 Å². The minimum absolute atomic E-state index is 0.0306. The summed E-state index contributed by atoms with van der Waals surface area (Å²) in [5, 5.41) is 3.42. The van der Waals surface area contributed by atoms with Crippen LogP contribution in [0.4, 0.5) is 0 Å². The predicted octanol–water partition coefficient (Wildman–Crippen LogP) is 3.75. The number of carbonyl (C=O) groups is 1. The third-order valence-electron chi connectivity index (χ3n) is 5.02. The molecule has 1 amide bonds. The van der Waals surface area contributed by atoms with Gasteiger partial charge in [-0.25, -0.2) is 8.42 Å². The molecule has 1 N–H and O–H groups in total. The lowest BCUT2D eigenvalue weighted by Crippen LogP contribution is -2.38. The first-order valence-corrected chi connectivity index (χ1v) is 11.5. The molecule has 0 radical (unpaired) electrons. The summed E-state index contributed by atoms with van der Waals surface area (Å²) in [4.78, 5) is 17.5. The van der Waals surface area contributed by atoms with Gasteiger partial charge >= 0.3 is 0 Å². The molecule has 0 bridgehead atoms. The van der Waals surface area contributed by atoms with E-state index in [0.29, 0.717) is 36.5 Å². The second-order valence-corrected chi connectivity index (χ2v) is 10.0. The summed E-state index contributed by atoms with van der Waals surface area (Å²) in [7, 11) is -3.56. The Hall–Kier alpha value is -1.96. The summed E-state index contributed by atoms with van der Waals surface area (Å²) in [6, 6.07) is 9.89. The molecule has 156 valence electrons.